The molecule has 1 aliphatic carbocycles. The summed E-state index contributed by atoms with van der Waals surface area (Å²) in [5.74, 6) is -2.40. The number of methoxy groups -OCH3 is 3. The highest BCUT2D eigenvalue weighted by Crippen LogP contribution is 2.68. The molecule has 14 heteroatoms. The molecule has 6 heterocycles. The number of nitrogens with one attached hydrogen (secondary N) is 1. The first-order valence-corrected chi connectivity index (χ1v) is 25.7. The van der Waals surface area contributed by atoms with Crippen molar-refractivity contribution < 1.29 is 47.9 Å². The lowest BCUT2D eigenvalue weighted by molar-refractivity contribution is -0.228. The molecule has 1 spiro atoms. The number of anilines is 1. The Morgan fingerprint density at radius 1 is 0.915 bits per heavy atom. The first-order valence-electron chi connectivity index (χ1n) is 25.7. The van der Waals surface area contributed by atoms with Crippen LogP contribution >= 0.6 is 0 Å². The van der Waals surface area contributed by atoms with Crippen LogP contribution in [0, 0.1) is 11.3 Å². The van der Waals surface area contributed by atoms with Gasteiger partial charge in [0.2, 0.25) is 5.60 Å². The largest absolute Gasteiger partial charge is 0.496 e. The fraction of sp³-hybridized carbons (Fsp3) is 0.561. The van der Waals surface area contributed by atoms with Crippen molar-refractivity contribution in [2.24, 2.45) is 11.3 Å². The lowest BCUT2D eigenvalue weighted by atomic mass is 9.47. The summed E-state index contributed by atoms with van der Waals surface area (Å²) in [6.07, 6.45) is 7.00. The SMILES string of the molecule is CC[C@]1(C[C@@H]2CN(Cc3ccccc3)CCCc3c([nH]c4ccccc34)[C@@](C(=O)OC)(c3cc4c(cc3OC)N(C)[C@H]3[C@@](O)(C(=O)OC)[C@H](OC(C)=O)[C@]5(CC)C=CCN6CC[C@]43[C@@H]65)C2)COC(C)(C)O1. The molecule has 380 valence electrons. The van der Waals surface area contributed by atoms with Gasteiger partial charge in [-0.2, -0.15) is 0 Å². The van der Waals surface area contributed by atoms with Gasteiger partial charge in [-0.15, -0.1) is 0 Å². The predicted octanol–water partition coefficient (Wildman–Crippen LogP) is 7.36. The molecule has 0 radical (unpaired) electrons. The minimum absolute atomic E-state index is 0.166. The second-order valence-corrected chi connectivity index (χ2v) is 21.8. The van der Waals surface area contributed by atoms with Crippen molar-refractivity contribution in [2.45, 2.75) is 132 Å². The molecule has 71 heavy (non-hydrogen) atoms. The molecule has 0 unspecified atom stereocenters. The zero-order valence-electron chi connectivity index (χ0n) is 43.0. The highest BCUT2D eigenvalue weighted by molar-refractivity contribution is 5.95. The maximum Gasteiger partial charge on any atom is 0.344 e. The maximum absolute atomic E-state index is 16.0. The number of carbonyl (C=O) groups excluding carboxylic acids is 3. The summed E-state index contributed by atoms with van der Waals surface area (Å²) in [5.41, 5.74) is -0.224. The molecular weight excluding hydrogens is 901 g/mol. The number of nitrogens with zero attached hydrogens (tertiary/aromatic N) is 3. The molecule has 2 saturated heterocycles. The van der Waals surface area contributed by atoms with E-state index in [0.717, 1.165) is 52.9 Å². The summed E-state index contributed by atoms with van der Waals surface area (Å²) in [6, 6.07) is 21.7. The fourth-order valence-corrected chi connectivity index (χ4v) is 15.1. The Morgan fingerprint density at radius 2 is 1.66 bits per heavy atom. The molecule has 0 bridgehead atoms. The number of likely N-dealkylation sites (N-methyl/N-ethyl adjacent to an activating group) is 1. The monoisotopic (exact) mass is 973 g/mol. The van der Waals surface area contributed by atoms with Gasteiger partial charge in [-0.1, -0.05) is 74.5 Å². The van der Waals surface area contributed by atoms with Crippen molar-refractivity contribution in [3.05, 3.63) is 107 Å². The van der Waals surface area contributed by atoms with E-state index in [0.29, 0.717) is 76.1 Å². The van der Waals surface area contributed by atoms with E-state index in [4.69, 9.17) is 28.4 Å². The summed E-state index contributed by atoms with van der Waals surface area (Å²) in [5, 5.41) is 14.6. The van der Waals surface area contributed by atoms with Crippen LogP contribution in [-0.4, -0.2) is 134 Å². The highest BCUT2D eigenvalue weighted by Gasteiger charge is 2.80. The molecule has 3 fully saturated rings. The van der Waals surface area contributed by atoms with E-state index in [1.54, 1.807) is 7.11 Å². The Bertz CT molecular complexity index is 2740. The number of para-hydroxylation sites is 1. The zero-order chi connectivity index (χ0) is 50.3. The molecule has 6 aliphatic rings. The molecule has 0 amide bonds. The van der Waals surface area contributed by atoms with Crippen LogP contribution in [0.2, 0.25) is 0 Å². The predicted molar refractivity (Wildman–Crippen MR) is 269 cm³/mol. The number of rotatable bonds is 11. The lowest BCUT2D eigenvalue weighted by Crippen LogP contribution is -2.81. The van der Waals surface area contributed by atoms with Crippen LogP contribution in [0.25, 0.3) is 10.9 Å². The Kier molecular flexibility index (Phi) is 12.5. The Hall–Kier alpha value is -5.25. The number of ether oxygens (including phenoxy) is 6. The van der Waals surface area contributed by atoms with Gasteiger partial charge in [0, 0.05) is 84.4 Å². The average molecular weight is 973 g/mol. The fourth-order valence-electron chi connectivity index (χ4n) is 15.1. The van der Waals surface area contributed by atoms with E-state index >= 15 is 4.79 Å². The van der Waals surface area contributed by atoms with Crippen LogP contribution in [-0.2, 0) is 61.9 Å². The Balaban J connectivity index is 1.26. The van der Waals surface area contributed by atoms with Gasteiger partial charge in [0.25, 0.3) is 0 Å². The van der Waals surface area contributed by atoms with Crippen LogP contribution in [0.5, 0.6) is 5.75 Å². The molecule has 9 atom stereocenters. The van der Waals surface area contributed by atoms with Crippen LogP contribution in [0.4, 0.5) is 5.69 Å². The van der Waals surface area contributed by atoms with Crippen LogP contribution in [0.3, 0.4) is 0 Å². The average Bonchev–Trinajstić information content (AvgIpc) is 4.10. The number of H-pyrrole nitrogens is 1. The van der Waals surface area contributed by atoms with Gasteiger partial charge in [-0.25, -0.2) is 4.79 Å². The van der Waals surface area contributed by atoms with E-state index in [1.165, 1.54) is 26.7 Å². The topological polar surface area (TPSA) is 152 Å². The second kappa shape index (κ2) is 18.0. The maximum atomic E-state index is 16.0. The minimum Gasteiger partial charge on any atom is -0.496 e. The van der Waals surface area contributed by atoms with Gasteiger partial charge in [0.15, 0.2) is 11.9 Å². The van der Waals surface area contributed by atoms with E-state index in [-0.39, 0.29) is 12.0 Å². The number of hydrogen-bond acceptors (Lipinski definition) is 13. The molecule has 4 aromatic rings. The molecule has 10 rings (SSSR count). The number of benzene rings is 3. The van der Waals surface area contributed by atoms with Crippen molar-refractivity contribution in [3.8, 4) is 5.75 Å². The molecule has 14 nitrogen and oxygen atoms in total. The molecule has 3 aromatic carbocycles. The lowest BCUT2D eigenvalue weighted by Gasteiger charge is -2.63. The smallest absolute Gasteiger partial charge is 0.344 e. The van der Waals surface area contributed by atoms with Gasteiger partial charge in [0.05, 0.1) is 39.6 Å². The van der Waals surface area contributed by atoms with E-state index in [2.05, 4.69) is 76.3 Å². The number of carbonyl (C=O) groups is 3. The summed E-state index contributed by atoms with van der Waals surface area (Å²) >= 11 is 0. The Labute approximate surface area is 417 Å². The number of aromatic amines is 1. The van der Waals surface area contributed by atoms with Gasteiger partial charge < -0.3 is 43.4 Å². The number of aromatic nitrogens is 1. The molecule has 5 aliphatic heterocycles. The van der Waals surface area contributed by atoms with E-state index in [9.17, 15) is 14.7 Å². The molecule has 2 N–H and O–H groups in total. The van der Waals surface area contributed by atoms with Gasteiger partial charge >= 0.3 is 17.9 Å². The summed E-state index contributed by atoms with van der Waals surface area (Å²) in [4.78, 5) is 54.7. The quantitative estimate of drug-likeness (QED) is 0.0876. The second-order valence-electron chi connectivity index (χ2n) is 21.8. The zero-order valence-corrected chi connectivity index (χ0v) is 43.0. The van der Waals surface area contributed by atoms with Crippen molar-refractivity contribution >= 4 is 34.5 Å². The number of aliphatic hydroxyl groups is 1. The van der Waals surface area contributed by atoms with E-state index in [1.807, 2.05) is 57.0 Å². The summed E-state index contributed by atoms with van der Waals surface area (Å²) < 4.78 is 37.8. The van der Waals surface area contributed by atoms with Crippen molar-refractivity contribution in [1.29, 1.82) is 0 Å². The summed E-state index contributed by atoms with van der Waals surface area (Å²) in [6.45, 7) is 13.4. The molecule has 1 saturated carbocycles. The number of aryl methyl sites for hydroxylation is 1. The Morgan fingerprint density at radius 3 is 2.34 bits per heavy atom. The van der Waals surface area contributed by atoms with Gasteiger partial charge in [-0.05, 0) is 107 Å². The van der Waals surface area contributed by atoms with Crippen LogP contribution < -0.4 is 9.64 Å². The van der Waals surface area contributed by atoms with Gasteiger partial charge in [0.1, 0.15) is 11.2 Å². The minimum atomic E-state index is -2.33. The van der Waals surface area contributed by atoms with Crippen LogP contribution in [0.1, 0.15) is 101 Å². The third kappa shape index (κ3) is 7.39. The van der Waals surface area contributed by atoms with Crippen molar-refractivity contribution in [2.75, 3.05) is 66.1 Å². The number of esters is 3. The number of hydrogen-bond donors (Lipinski definition) is 2. The first-order chi connectivity index (χ1) is 34.0. The van der Waals surface area contributed by atoms with Crippen LogP contribution in [0.15, 0.2) is 78.9 Å². The third-order valence-electron chi connectivity index (χ3n) is 17.7. The standard InChI is InChI=1S/C57H72N4O10/c1-10-53(35-69-52(4,5)71-53)31-38-32-56(50(63)67-8,46-40(39-21-15-16-23-43(39)58-46)22-17-26-60(34-38)33-37-19-13-12-14-20-37)42-29-41-44(30-45(42)66-7)59(6)48-55(41)25-28-61-27-18-24-54(11-2,47(55)61)49(70-36(3)62)57(48,65)51(64)68-9/h12-16,18-21,23-24,29-30,38,47-49,58,65H,10-11,17,22,25-28,31-35H2,1-9H3/t38-,47-,48+,49+,53-,54+,55+,56-,57-/m0/s1. The normalized spacial score (nSPS) is 33.2. The van der Waals surface area contributed by atoms with E-state index < -0.39 is 63.3 Å². The highest BCUT2D eigenvalue weighted by atomic mass is 16.8. The number of fused-ring (bicyclic) bond motifs is 4. The molecular formula is C57H72N4O10. The third-order valence-corrected chi connectivity index (χ3v) is 17.7. The summed E-state index contributed by atoms with van der Waals surface area (Å²) in [7, 11) is 6.26. The van der Waals surface area contributed by atoms with Crippen molar-refractivity contribution in [3.63, 3.8) is 0 Å². The van der Waals surface area contributed by atoms with Gasteiger partial charge in [-0.3, -0.25) is 19.4 Å². The van der Waals surface area contributed by atoms with Crippen molar-refractivity contribution in [1.82, 2.24) is 14.8 Å². The molecule has 1 aromatic heterocycles. The first kappa shape index (κ1) is 49.3.